The zero-order chi connectivity index (χ0) is 16.8. The second-order valence-electron chi connectivity index (χ2n) is 5.27. The first-order valence-electron chi connectivity index (χ1n) is 7.59. The molecule has 2 rings (SSSR count). The van der Waals surface area contributed by atoms with Crippen molar-refractivity contribution in [3.05, 3.63) is 28.2 Å². The number of rotatable bonds is 4. The van der Waals surface area contributed by atoms with Gasteiger partial charge >= 0.3 is 6.09 Å². The van der Waals surface area contributed by atoms with E-state index in [2.05, 4.69) is 15.9 Å². The van der Waals surface area contributed by atoms with Crippen LogP contribution in [0.1, 0.15) is 12.5 Å². The molecule has 0 aliphatic carbocycles. The van der Waals surface area contributed by atoms with E-state index in [1.165, 1.54) is 0 Å². The fraction of sp³-hybridized carbons (Fsp3) is 0.500. The molecule has 0 aromatic heterocycles. The van der Waals surface area contributed by atoms with Gasteiger partial charge in [0.15, 0.2) is 0 Å². The normalized spacial score (nSPS) is 14.7. The number of nitrogens with zero attached hydrogens (tertiary/aromatic N) is 2. The molecule has 1 aliphatic rings. The fourth-order valence-electron chi connectivity index (χ4n) is 2.36. The van der Waals surface area contributed by atoms with E-state index in [1.807, 2.05) is 30.0 Å². The third kappa shape index (κ3) is 5.14. The summed E-state index contributed by atoms with van der Waals surface area (Å²) in [4.78, 5) is 28.5. The molecule has 1 fully saturated rings. The van der Waals surface area contributed by atoms with E-state index in [1.54, 1.807) is 23.6 Å². The van der Waals surface area contributed by atoms with Crippen LogP contribution in [0.5, 0.6) is 0 Å². The third-order valence-corrected chi connectivity index (χ3v) is 5.30. The Morgan fingerprint density at radius 3 is 2.48 bits per heavy atom. The molecule has 1 heterocycles. The van der Waals surface area contributed by atoms with Crippen LogP contribution >= 0.6 is 27.7 Å². The van der Waals surface area contributed by atoms with Crippen molar-refractivity contribution in [3.63, 3.8) is 0 Å². The molecule has 1 aromatic carbocycles. The zero-order valence-corrected chi connectivity index (χ0v) is 15.8. The van der Waals surface area contributed by atoms with Crippen LogP contribution in [0, 0.1) is 6.92 Å². The predicted molar refractivity (Wildman–Crippen MR) is 94.8 cm³/mol. The van der Waals surface area contributed by atoms with Gasteiger partial charge in [0.05, 0.1) is 12.4 Å². The van der Waals surface area contributed by atoms with Crippen LogP contribution in [0.4, 0.5) is 4.79 Å². The molecule has 2 amide bonds. The smallest absolute Gasteiger partial charge is 0.409 e. The average molecular weight is 401 g/mol. The number of hydrogen-bond donors (Lipinski definition) is 0. The SMILES string of the molecule is CCOC(=O)N1CCN(C(=O)CSc2ccc(Br)cc2C)CC1. The summed E-state index contributed by atoms with van der Waals surface area (Å²) in [6.07, 6.45) is -0.292. The number of amides is 2. The minimum Gasteiger partial charge on any atom is -0.450 e. The molecule has 23 heavy (non-hydrogen) atoms. The zero-order valence-electron chi connectivity index (χ0n) is 13.4. The molecule has 0 N–H and O–H groups in total. The van der Waals surface area contributed by atoms with Crippen LogP contribution in [0.2, 0.25) is 0 Å². The van der Waals surface area contributed by atoms with Gasteiger partial charge in [-0.15, -0.1) is 11.8 Å². The van der Waals surface area contributed by atoms with Gasteiger partial charge < -0.3 is 14.5 Å². The number of hydrogen-bond acceptors (Lipinski definition) is 4. The summed E-state index contributed by atoms with van der Waals surface area (Å²) in [5.74, 6) is 0.530. The van der Waals surface area contributed by atoms with Crippen molar-refractivity contribution in [2.24, 2.45) is 0 Å². The number of ether oxygens (including phenoxy) is 1. The molecular weight excluding hydrogens is 380 g/mol. The lowest BCUT2D eigenvalue weighted by molar-refractivity contribution is -0.129. The second-order valence-corrected chi connectivity index (χ2v) is 7.20. The van der Waals surface area contributed by atoms with Crippen LogP contribution in [-0.4, -0.2) is 60.3 Å². The standard InChI is InChI=1S/C16H21BrN2O3S/c1-3-22-16(21)19-8-6-18(7-9-19)15(20)11-23-14-5-4-13(17)10-12(14)2/h4-5,10H,3,6-9,11H2,1-2H3. The van der Waals surface area contributed by atoms with Crippen molar-refractivity contribution in [3.8, 4) is 0 Å². The molecular formula is C16H21BrN2O3S. The summed E-state index contributed by atoms with van der Waals surface area (Å²) in [6.45, 7) is 6.41. The summed E-state index contributed by atoms with van der Waals surface area (Å²) in [7, 11) is 0. The summed E-state index contributed by atoms with van der Waals surface area (Å²) < 4.78 is 6.02. The van der Waals surface area contributed by atoms with Crippen molar-refractivity contribution < 1.29 is 14.3 Å². The van der Waals surface area contributed by atoms with E-state index < -0.39 is 0 Å². The largest absolute Gasteiger partial charge is 0.450 e. The summed E-state index contributed by atoms with van der Waals surface area (Å²) in [5, 5.41) is 0. The maximum atomic E-state index is 12.3. The molecule has 126 valence electrons. The van der Waals surface area contributed by atoms with E-state index in [0.717, 1.165) is 14.9 Å². The predicted octanol–water partition coefficient (Wildman–Crippen LogP) is 3.15. The molecule has 0 spiro atoms. The fourth-order valence-corrected chi connectivity index (χ4v) is 3.75. The van der Waals surface area contributed by atoms with Crippen LogP contribution in [-0.2, 0) is 9.53 Å². The van der Waals surface area contributed by atoms with Crippen molar-refractivity contribution in [2.45, 2.75) is 18.7 Å². The van der Waals surface area contributed by atoms with Crippen LogP contribution in [0.3, 0.4) is 0 Å². The monoisotopic (exact) mass is 400 g/mol. The van der Waals surface area contributed by atoms with Gasteiger partial charge in [0.25, 0.3) is 0 Å². The molecule has 7 heteroatoms. The maximum Gasteiger partial charge on any atom is 0.409 e. The van der Waals surface area contributed by atoms with Crippen LogP contribution in [0.15, 0.2) is 27.6 Å². The molecule has 1 saturated heterocycles. The van der Waals surface area contributed by atoms with Crippen molar-refractivity contribution in [1.29, 1.82) is 0 Å². The second kappa shape index (κ2) is 8.59. The van der Waals surface area contributed by atoms with Crippen molar-refractivity contribution in [2.75, 3.05) is 38.5 Å². The summed E-state index contributed by atoms with van der Waals surface area (Å²) >= 11 is 5.00. The van der Waals surface area contributed by atoms with E-state index in [0.29, 0.717) is 38.5 Å². The highest BCUT2D eigenvalue weighted by molar-refractivity contribution is 9.10. The first kappa shape index (κ1) is 18.1. The number of carbonyl (C=O) groups excluding carboxylic acids is 2. The van der Waals surface area contributed by atoms with E-state index in [9.17, 15) is 9.59 Å². The Bertz CT molecular complexity index is 574. The summed E-state index contributed by atoms with van der Waals surface area (Å²) in [5.41, 5.74) is 1.16. The lowest BCUT2D eigenvalue weighted by atomic mass is 10.2. The first-order valence-corrected chi connectivity index (χ1v) is 9.37. The van der Waals surface area contributed by atoms with Gasteiger partial charge in [0.1, 0.15) is 0 Å². The molecule has 0 saturated carbocycles. The Hall–Kier alpha value is -1.21. The Balaban J connectivity index is 1.80. The Kier molecular flexibility index (Phi) is 6.77. The molecule has 1 aliphatic heterocycles. The number of thioether (sulfide) groups is 1. The molecule has 1 aromatic rings. The number of piperazine rings is 1. The number of aryl methyl sites for hydroxylation is 1. The Morgan fingerprint density at radius 1 is 1.22 bits per heavy atom. The number of carbonyl (C=O) groups is 2. The molecule has 5 nitrogen and oxygen atoms in total. The van der Waals surface area contributed by atoms with Crippen LogP contribution < -0.4 is 0 Å². The quantitative estimate of drug-likeness (QED) is 0.728. The number of halogens is 1. The van der Waals surface area contributed by atoms with Gasteiger partial charge in [-0.05, 0) is 37.6 Å². The highest BCUT2D eigenvalue weighted by Gasteiger charge is 2.24. The third-order valence-electron chi connectivity index (χ3n) is 3.65. The minimum atomic E-state index is -0.292. The van der Waals surface area contributed by atoms with Gasteiger partial charge in [0, 0.05) is 35.5 Å². The maximum absolute atomic E-state index is 12.3. The minimum absolute atomic E-state index is 0.112. The van der Waals surface area contributed by atoms with Crippen molar-refractivity contribution >= 4 is 39.7 Å². The van der Waals surface area contributed by atoms with Gasteiger partial charge in [0.2, 0.25) is 5.91 Å². The Morgan fingerprint density at radius 2 is 1.87 bits per heavy atom. The van der Waals surface area contributed by atoms with E-state index in [-0.39, 0.29) is 12.0 Å². The lowest BCUT2D eigenvalue weighted by Gasteiger charge is -2.34. The first-order chi connectivity index (χ1) is 11.0. The highest BCUT2D eigenvalue weighted by atomic mass is 79.9. The summed E-state index contributed by atoms with van der Waals surface area (Å²) in [6, 6.07) is 6.05. The topological polar surface area (TPSA) is 49.9 Å². The molecule has 0 bridgehead atoms. The number of benzene rings is 1. The highest BCUT2D eigenvalue weighted by Crippen LogP contribution is 2.25. The molecule has 0 atom stereocenters. The van der Waals surface area contributed by atoms with Gasteiger partial charge in [-0.25, -0.2) is 4.79 Å². The molecule has 0 unspecified atom stereocenters. The lowest BCUT2D eigenvalue weighted by Crippen LogP contribution is -2.51. The average Bonchev–Trinajstić information content (AvgIpc) is 2.54. The Labute approximate surface area is 149 Å². The van der Waals surface area contributed by atoms with E-state index >= 15 is 0 Å². The van der Waals surface area contributed by atoms with E-state index in [4.69, 9.17) is 4.74 Å². The van der Waals surface area contributed by atoms with Gasteiger partial charge in [-0.1, -0.05) is 15.9 Å². The van der Waals surface area contributed by atoms with Crippen molar-refractivity contribution in [1.82, 2.24) is 9.80 Å². The van der Waals surface area contributed by atoms with Gasteiger partial charge in [-0.3, -0.25) is 4.79 Å². The van der Waals surface area contributed by atoms with Gasteiger partial charge in [-0.2, -0.15) is 0 Å². The van der Waals surface area contributed by atoms with Crippen LogP contribution in [0.25, 0.3) is 0 Å². The molecule has 0 radical (unpaired) electrons.